The standard InChI is InChI=1S/C64H39ClN4/c65-63-67-61(66-62(68-63)47-36-44(40-17-5-1-6-18-40)35-45(37-47)41-19-7-2-8-20-41)43-31-29-42(30-32-43)46-38-53-51-26-14-16-28-57(51)69-56-27-15-13-25-50(56)52-33-34-54-59(60(52)69)58(53)55(39-46)64(54,48-21-9-3-10-22-48)49-23-11-4-12-24-49/h1-39H. The molecule has 0 amide bonds. The molecule has 0 saturated heterocycles. The van der Waals surface area contributed by atoms with Gasteiger partial charge < -0.3 is 4.57 Å². The van der Waals surface area contributed by atoms with Crippen molar-refractivity contribution < 1.29 is 0 Å². The lowest BCUT2D eigenvalue weighted by Crippen LogP contribution is -2.28. The molecule has 0 radical (unpaired) electrons. The molecule has 0 unspecified atom stereocenters. The highest BCUT2D eigenvalue weighted by atomic mass is 35.5. The van der Waals surface area contributed by atoms with Crippen molar-refractivity contribution in [3.05, 3.63) is 264 Å². The van der Waals surface area contributed by atoms with Gasteiger partial charge in [0.15, 0.2) is 11.6 Å². The Hall–Kier alpha value is -8.70. The Bertz CT molecular complexity index is 3900. The third-order valence-corrected chi connectivity index (χ3v) is 14.5. The number of hydrogen-bond acceptors (Lipinski definition) is 3. The molecule has 322 valence electrons. The highest BCUT2D eigenvalue weighted by Gasteiger charge is 2.49. The van der Waals surface area contributed by atoms with Crippen LogP contribution in [0.3, 0.4) is 0 Å². The maximum absolute atomic E-state index is 6.79. The van der Waals surface area contributed by atoms with Gasteiger partial charge in [0.05, 0.1) is 22.1 Å². The first-order chi connectivity index (χ1) is 34.1. The monoisotopic (exact) mass is 898 g/mol. The average molecular weight is 899 g/mol. The Kier molecular flexibility index (Phi) is 8.82. The summed E-state index contributed by atoms with van der Waals surface area (Å²) in [5.74, 6) is 1.03. The summed E-state index contributed by atoms with van der Waals surface area (Å²) >= 11 is 6.79. The van der Waals surface area contributed by atoms with E-state index in [1.165, 1.54) is 72.0 Å². The second-order valence-electron chi connectivity index (χ2n) is 18.0. The van der Waals surface area contributed by atoms with Crippen molar-refractivity contribution in [1.29, 1.82) is 0 Å². The molecule has 0 saturated carbocycles. The Morgan fingerprint density at radius 3 is 1.54 bits per heavy atom. The van der Waals surface area contributed by atoms with Gasteiger partial charge in [-0.2, -0.15) is 9.97 Å². The molecular weight excluding hydrogens is 860 g/mol. The molecule has 2 aromatic heterocycles. The molecule has 0 fully saturated rings. The van der Waals surface area contributed by atoms with Crippen molar-refractivity contribution in [2.45, 2.75) is 5.41 Å². The molecule has 12 aromatic rings. The third-order valence-electron chi connectivity index (χ3n) is 14.4. The van der Waals surface area contributed by atoms with Gasteiger partial charge in [0, 0.05) is 33.0 Å². The lowest BCUT2D eigenvalue weighted by atomic mass is 9.67. The van der Waals surface area contributed by atoms with Crippen molar-refractivity contribution in [1.82, 2.24) is 19.5 Å². The Balaban J connectivity index is 0.963. The first-order valence-corrected chi connectivity index (χ1v) is 23.7. The van der Waals surface area contributed by atoms with E-state index in [1.807, 2.05) is 12.1 Å². The van der Waals surface area contributed by atoms with Crippen LogP contribution in [-0.4, -0.2) is 19.5 Å². The summed E-state index contributed by atoms with van der Waals surface area (Å²) in [5.41, 5.74) is 21.4. The summed E-state index contributed by atoms with van der Waals surface area (Å²) in [7, 11) is 0. The number of fused-ring (bicyclic) bond motifs is 6. The summed E-state index contributed by atoms with van der Waals surface area (Å²) in [6, 6.07) is 85.5. The van der Waals surface area contributed by atoms with Gasteiger partial charge in [0.25, 0.3) is 0 Å². The molecule has 14 rings (SSSR count). The van der Waals surface area contributed by atoms with Gasteiger partial charge in [-0.25, -0.2) is 4.98 Å². The molecule has 0 atom stereocenters. The van der Waals surface area contributed by atoms with E-state index >= 15 is 0 Å². The van der Waals surface area contributed by atoms with Gasteiger partial charge in [0.2, 0.25) is 5.28 Å². The van der Waals surface area contributed by atoms with Crippen LogP contribution in [0.25, 0.3) is 106 Å². The van der Waals surface area contributed by atoms with E-state index in [0.717, 1.165) is 44.5 Å². The summed E-state index contributed by atoms with van der Waals surface area (Å²) in [6.45, 7) is 0. The van der Waals surface area contributed by atoms with Crippen LogP contribution < -0.4 is 0 Å². The van der Waals surface area contributed by atoms with E-state index in [1.54, 1.807) is 0 Å². The Morgan fingerprint density at radius 2 is 0.870 bits per heavy atom. The Labute approximate surface area is 404 Å². The number of aromatic nitrogens is 4. The molecule has 3 heterocycles. The molecule has 5 heteroatoms. The zero-order valence-corrected chi connectivity index (χ0v) is 37.9. The molecule has 10 aromatic carbocycles. The highest BCUT2D eigenvalue weighted by Crippen LogP contribution is 2.63. The largest absolute Gasteiger partial charge is 0.308 e. The van der Waals surface area contributed by atoms with Crippen molar-refractivity contribution in [3.63, 3.8) is 0 Å². The Morgan fingerprint density at radius 1 is 0.348 bits per heavy atom. The maximum atomic E-state index is 6.79. The van der Waals surface area contributed by atoms with E-state index < -0.39 is 5.41 Å². The smallest absolute Gasteiger partial charge is 0.226 e. The minimum atomic E-state index is -0.601. The molecule has 0 bridgehead atoms. The molecule has 0 spiro atoms. The SMILES string of the molecule is Clc1nc(-c2ccc(-c3cc4c5c(c3)C(c3ccccc3)(c3ccccc3)c3ccc6c7ccccc7n(c6c3-5)-c3ccccc3-4)cc2)nc(-c2cc(-c3ccccc3)cc(-c3ccccc3)c2)n1. The molecule has 4 nitrogen and oxygen atoms in total. The second-order valence-corrected chi connectivity index (χ2v) is 18.4. The minimum Gasteiger partial charge on any atom is -0.308 e. The minimum absolute atomic E-state index is 0.142. The fraction of sp³-hybridized carbons (Fsp3) is 0.0156. The number of halogens is 1. The van der Waals surface area contributed by atoms with Crippen LogP contribution in [0, 0.1) is 0 Å². The van der Waals surface area contributed by atoms with Crippen molar-refractivity contribution in [2.75, 3.05) is 0 Å². The van der Waals surface area contributed by atoms with Gasteiger partial charge in [-0.1, -0.05) is 194 Å². The third kappa shape index (κ3) is 5.99. The quantitative estimate of drug-likeness (QED) is 0.160. The summed E-state index contributed by atoms with van der Waals surface area (Å²) in [5, 5.41) is 2.66. The second kappa shape index (κ2) is 15.4. The van der Waals surface area contributed by atoms with E-state index in [4.69, 9.17) is 26.6 Å². The fourth-order valence-electron chi connectivity index (χ4n) is 11.4. The maximum Gasteiger partial charge on any atom is 0.226 e. The summed E-state index contributed by atoms with van der Waals surface area (Å²) in [4.78, 5) is 14.5. The number of nitrogens with zero attached hydrogens (tertiary/aromatic N) is 4. The molecule has 1 aliphatic carbocycles. The zero-order chi connectivity index (χ0) is 45.6. The number of benzene rings is 10. The predicted molar refractivity (Wildman–Crippen MR) is 283 cm³/mol. The van der Waals surface area contributed by atoms with E-state index in [-0.39, 0.29) is 5.28 Å². The van der Waals surface area contributed by atoms with Crippen LogP contribution in [-0.2, 0) is 5.41 Å². The average Bonchev–Trinajstić information content (AvgIpc) is 3.87. The van der Waals surface area contributed by atoms with Gasteiger partial charge in [-0.05, 0) is 121 Å². The van der Waals surface area contributed by atoms with Crippen LogP contribution in [0.15, 0.2) is 237 Å². The van der Waals surface area contributed by atoms with Crippen LogP contribution in [0.4, 0.5) is 0 Å². The lowest BCUT2D eigenvalue weighted by molar-refractivity contribution is 0.769. The highest BCUT2D eigenvalue weighted by molar-refractivity contribution is 6.28. The summed E-state index contributed by atoms with van der Waals surface area (Å²) in [6.07, 6.45) is 0. The van der Waals surface area contributed by atoms with Crippen LogP contribution in [0.1, 0.15) is 22.3 Å². The molecule has 2 aliphatic rings. The fourth-order valence-corrected chi connectivity index (χ4v) is 11.6. The van der Waals surface area contributed by atoms with Crippen LogP contribution >= 0.6 is 11.6 Å². The molecule has 1 aliphatic heterocycles. The topological polar surface area (TPSA) is 43.6 Å². The van der Waals surface area contributed by atoms with E-state index in [9.17, 15) is 0 Å². The van der Waals surface area contributed by atoms with Gasteiger partial charge in [-0.3, -0.25) is 0 Å². The molecule has 69 heavy (non-hydrogen) atoms. The van der Waals surface area contributed by atoms with Gasteiger partial charge >= 0.3 is 0 Å². The molecule has 0 N–H and O–H groups in total. The first-order valence-electron chi connectivity index (χ1n) is 23.4. The molecular formula is C64H39ClN4. The van der Waals surface area contributed by atoms with Crippen LogP contribution in [0.2, 0.25) is 5.28 Å². The van der Waals surface area contributed by atoms with Crippen molar-refractivity contribution in [3.8, 4) is 84.1 Å². The zero-order valence-electron chi connectivity index (χ0n) is 37.2. The predicted octanol–water partition coefficient (Wildman–Crippen LogP) is 16.3. The normalized spacial score (nSPS) is 12.8. The van der Waals surface area contributed by atoms with Gasteiger partial charge in [0.1, 0.15) is 0 Å². The van der Waals surface area contributed by atoms with Gasteiger partial charge in [-0.15, -0.1) is 0 Å². The number of hydrogen-bond donors (Lipinski definition) is 0. The van der Waals surface area contributed by atoms with E-state index in [0.29, 0.717) is 11.6 Å². The lowest BCUT2D eigenvalue weighted by Gasteiger charge is -2.34. The summed E-state index contributed by atoms with van der Waals surface area (Å²) < 4.78 is 2.53. The first kappa shape index (κ1) is 39.5. The van der Waals surface area contributed by atoms with Crippen molar-refractivity contribution >= 4 is 33.4 Å². The number of para-hydroxylation sites is 2. The van der Waals surface area contributed by atoms with Crippen LogP contribution in [0.5, 0.6) is 0 Å². The van der Waals surface area contributed by atoms with E-state index in [2.05, 4.69) is 229 Å². The number of rotatable bonds is 7. The van der Waals surface area contributed by atoms with Crippen molar-refractivity contribution in [2.24, 2.45) is 0 Å².